The molecule has 88 valence electrons. The van der Waals surface area contributed by atoms with Gasteiger partial charge in [-0.2, -0.15) is 0 Å². The average Bonchev–Trinajstić information content (AvgIpc) is 2.33. The summed E-state index contributed by atoms with van der Waals surface area (Å²) in [5.74, 6) is -0.814. The summed E-state index contributed by atoms with van der Waals surface area (Å²) in [4.78, 5) is 7.75. The second-order valence-corrected chi connectivity index (χ2v) is 3.56. The van der Waals surface area contributed by atoms with Crippen LogP contribution in [0, 0.1) is 11.6 Å². The fourth-order valence-corrected chi connectivity index (χ4v) is 1.63. The number of hydrogen-bond acceptors (Lipinski definition) is 3. The normalized spacial score (nSPS) is 12.4. The first-order chi connectivity index (χ1) is 8.20. The third kappa shape index (κ3) is 2.62. The summed E-state index contributed by atoms with van der Waals surface area (Å²) in [5, 5.41) is 2.99. The van der Waals surface area contributed by atoms with Gasteiger partial charge in [-0.1, -0.05) is 0 Å². The van der Waals surface area contributed by atoms with E-state index in [1.165, 1.54) is 12.1 Å². The van der Waals surface area contributed by atoms with Crippen LogP contribution in [-0.2, 0) is 0 Å². The summed E-state index contributed by atoms with van der Waals surface area (Å²) in [5.41, 5.74) is 1.26. The molecule has 0 fully saturated rings. The lowest BCUT2D eigenvalue weighted by atomic mass is 10.1. The monoisotopic (exact) mass is 235 g/mol. The number of halogens is 2. The minimum absolute atomic E-state index is 0.307. The number of aromatic nitrogens is 2. The fourth-order valence-electron chi connectivity index (χ4n) is 1.63. The summed E-state index contributed by atoms with van der Waals surface area (Å²) in [7, 11) is 1.72. The van der Waals surface area contributed by atoms with Crippen molar-refractivity contribution in [3.8, 4) is 0 Å². The molecule has 1 atom stereocenters. The lowest BCUT2D eigenvalue weighted by Crippen LogP contribution is -2.19. The molecule has 0 amide bonds. The van der Waals surface area contributed by atoms with Gasteiger partial charge < -0.3 is 5.32 Å². The van der Waals surface area contributed by atoms with Crippen LogP contribution in [0.4, 0.5) is 8.78 Å². The van der Waals surface area contributed by atoms with Crippen LogP contribution in [0.15, 0.2) is 36.8 Å². The average molecular weight is 235 g/mol. The van der Waals surface area contributed by atoms with Crippen molar-refractivity contribution in [2.75, 3.05) is 7.05 Å². The Labute approximate surface area is 97.5 Å². The van der Waals surface area contributed by atoms with Crippen molar-refractivity contribution in [1.29, 1.82) is 0 Å². The first kappa shape index (κ1) is 11.6. The van der Waals surface area contributed by atoms with Crippen LogP contribution in [0.3, 0.4) is 0 Å². The van der Waals surface area contributed by atoms with Gasteiger partial charge in [-0.05, 0) is 30.8 Å². The van der Waals surface area contributed by atoms with Crippen LogP contribution >= 0.6 is 0 Å². The second kappa shape index (κ2) is 4.97. The van der Waals surface area contributed by atoms with E-state index in [2.05, 4.69) is 15.3 Å². The predicted molar refractivity (Wildman–Crippen MR) is 59.3 cm³/mol. The molecule has 0 bridgehead atoms. The topological polar surface area (TPSA) is 37.8 Å². The Morgan fingerprint density at radius 2 is 1.94 bits per heavy atom. The standard InChI is InChI=1S/C12H11F2N3/c1-15-12(8-4-10(14)6-16-5-8)11-3-2-9(13)7-17-11/h2-7,12,15H,1H3. The molecule has 0 aliphatic rings. The Morgan fingerprint density at radius 1 is 1.12 bits per heavy atom. The lowest BCUT2D eigenvalue weighted by Gasteiger charge is -2.15. The Bertz CT molecular complexity index is 499. The van der Waals surface area contributed by atoms with E-state index in [0.29, 0.717) is 11.3 Å². The van der Waals surface area contributed by atoms with Gasteiger partial charge in [-0.25, -0.2) is 8.78 Å². The molecule has 0 aliphatic carbocycles. The Morgan fingerprint density at radius 3 is 2.53 bits per heavy atom. The van der Waals surface area contributed by atoms with Crippen molar-refractivity contribution in [2.45, 2.75) is 6.04 Å². The highest BCUT2D eigenvalue weighted by atomic mass is 19.1. The molecular formula is C12H11F2N3. The molecule has 5 heteroatoms. The third-order valence-corrected chi connectivity index (χ3v) is 2.39. The van der Waals surface area contributed by atoms with Gasteiger partial charge in [0, 0.05) is 6.20 Å². The maximum Gasteiger partial charge on any atom is 0.141 e. The zero-order valence-corrected chi connectivity index (χ0v) is 9.19. The van der Waals surface area contributed by atoms with E-state index in [1.54, 1.807) is 19.3 Å². The summed E-state index contributed by atoms with van der Waals surface area (Å²) >= 11 is 0. The molecule has 1 unspecified atom stereocenters. The molecule has 0 spiro atoms. The van der Waals surface area contributed by atoms with Gasteiger partial charge in [-0.15, -0.1) is 0 Å². The second-order valence-electron chi connectivity index (χ2n) is 3.56. The van der Waals surface area contributed by atoms with Gasteiger partial charge in [0.15, 0.2) is 0 Å². The summed E-state index contributed by atoms with van der Waals surface area (Å²) in [6.07, 6.45) is 3.82. The highest BCUT2D eigenvalue weighted by Gasteiger charge is 2.14. The Hall–Kier alpha value is -1.88. The van der Waals surface area contributed by atoms with Crippen LogP contribution < -0.4 is 5.32 Å². The van der Waals surface area contributed by atoms with E-state index in [4.69, 9.17) is 0 Å². The molecule has 0 aliphatic heterocycles. The molecule has 2 heterocycles. The Balaban J connectivity index is 2.36. The van der Waals surface area contributed by atoms with Crippen LogP contribution in [0.25, 0.3) is 0 Å². The van der Waals surface area contributed by atoms with Crippen LogP contribution in [0.5, 0.6) is 0 Å². The van der Waals surface area contributed by atoms with Gasteiger partial charge in [0.1, 0.15) is 11.6 Å². The highest BCUT2D eigenvalue weighted by Crippen LogP contribution is 2.19. The van der Waals surface area contributed by atoms with Gasteiger partial charge in [0.05, 0.1) is 24.1 Å². The van der Waals surface area contributed by atoms with Crippen molar-refractivity contribution >= 4 is 0 Å². The predicted octanol–water partition coefficient (Wildman–Crippen LogP) is 2.06. The molecule has 2 aromatic rings. The largest absolute Gasteiger partial charge is 0.308 e. The van der Waals surface area contributed by atoms with Gasteiger partial charge in [-0.3, -0.25) is 9.97 Å². The molecule has 0 saturated carbocycles. The first-order valence-electron chi connectivity index (χ1n) is 5.10. The molecule has 1 N–H and O–H groups in total. The van der Waals surface area contributed by atoms with E-state index in [-0.39, 0.29) is 6.04 Å². The lowest BCUT2D eigenvalue weighted by molar-refractivity contribution is 0.597. The molecule has 3 nitrogen and oxygen atoms in total. The maximum absolute atomic E-state index is 13.1. The van der Waals surface area contributed by atoms with Crippen LogP contribution in [0.2, 0.25) is 0 Å². The zero-order valence-electron chi connectivity index (χ0n) is 9.19. The number of hydrogen-bond donors (Lipinski definition) is 1. The van der Waals surface area contributed by atoms with Crippen molar-refractivity contribution in [2.24, 2.45) is 0 Å². The van der Waals surface area contributed by atoms with Gasteiger partial charge in [0.2, 0.25) is 0 Å². The van der Waals surface area contributed by atoms with E-state index in [9.17, 15) is 8.78 Å². The van der Waals surface area contributed by atoms with Crippen LogP contribution in [-0.4, -0.2) is 17.0 Å². The Kier molecular flexibility index (Phi) is 3.39. The van der Waals surface area contributed by atoms with Gasteiger partial charge in [0.25, 0.3) is 0 Å². The van der Waals surface area contributed by atoms with E-state index in [1.807, 2.05) is 0 Å². The number of nitrogens with one attached hydrogen (secondary N) is 1. The maximum atomic E-state index is 13.1. The minimum Gasteiger partial charge on any atom is -0.308 e. The molecule has 0 radical (unpaired) electrons. The smallest absolute Gasteiger partial charge is 0.141 e. The molecular weight excluding hydrogens is 224 g/mol. The molecule has 2 aromatic heterocycles. The fraction of sp³-hybridized carbons (Fsp3) is 0.167. The van der Waals surface area contributed by atoms with Gasteiger partial charge >= 0.3 is 0 Å². The van der Waals surface area contributed by atoms with E-state index >= 15 is 0 Å². The molecule has 0 saturated heterocycles. The zero-order chi connectivity index (χ0) is 12.3. The summed E-state index contributed by atoms with van der Waals surface area (Å²) < 4.78 is 25.8. The summed E-state index contributed by atoms with van der Waals surface area (Å²) in [6, 6.07) is 3.94. The van der Waals surface area contributed by atoms with Crippen LogP contribution in [0.1, 0.15) is 17.3 Å². The van der Waals surface area contributed by atoms with Crippen molar-refractivity contribution in [3.05, 3.63) is 59.7 Å². The quantitative estimate of drug-likeness (QED) is 0.884. The van der Waals surface area contributed by atoms with E-state index < -0.39 is 11.6 Å². The number of rotatable bonds is 3. The minimum atomic E-state index is -0.412. The SMILES string of the molecule is CNC(c1cncc(F)c1)c1ccc(F)cn1. The molecule has 0 aromatic carbocycles. The van der Waals surface area contributed by atoms with E-state index in [0.717, 1.165) is 12.4 Å². The third-order valence-electron chi connectivity index (χ3n) is 2.39. The first-order valence-corrected chi connectivity index (χ1v) is 5.10. The number of nitrogens with zero attached hydrogens (tertiary/aromatic N) is 2. The highest BCUT2D eigenvalue weighted by molar-refractivity contribution is 5.25. The number of pyridine rings is 2. The molecule has 2 rings (SSSR count). The van der Waals surface area contributed by atoms with Crippen molar-refractivity contribution < 1.29 is 8.78 Å². The summed E-state index contributed by atoms with van der Waals surface area (Å²) in [6.45, 7) is 0. The van der Waals surface area contributed by atoms with Crippen molar-refractivity contribution in [1.82, 2.24) is 15.3 Å². The molecule has 17 heavy (non-hydrogen) atoms. The van der Waals surface area contributed by atoms with Crippen molar-refractivity contribution in [3.63, 3.8) is 0 Å².